The zero-order valence-corrected chi connectivity index (χ0v) is 15.4. The van der Waals surface area contributed by atoms with Crippen LogP contribution in [0.5, 0.6) is 0 Å². The van der Waals surface area contributed by atoms with Gasteiger partial charge in [-0.25, -0.2) is 0 Å². The van der Waals surface area contributed by atoms with Crippen LogP contribution in [-0.4, -0.2) is 38.6 Å². The van der Waals surface area contributed by atoms with Gasteiger partial charge in [0.25, 0.3) is 0 Å². The van der Waals surface area contributed by atoms with E-state index in [0.717, 1.165) is 16.9 Å². The highest BCUT2D eigenvalue weighted by atomic mass is 16.2. The number of nitrogens with zero attached hydrogens (tertiary/aromatic N) is 5. The third-order valence-corrected chi connectivity index (χ3v) is 4.80. The van der Waals surface area contributed by atoms with E-state index in [1.54, 1.807) is 9.58 Å². The van der Waals surface area contributed by atoms with Crippen LogP contribution in [0, 0.1) is 12.8 Å². The molecule has 0 bridgehead atoms. The summed E-state index contributed by atoms with van der Waals surface area (Å²) in [5.41, 5.74) is 2.76. The Morgan fingerprint density at radius 1 is 1.11 bits per heavy atom. The number of rotatable bonds is 5. The van der Waals surface area contributed by atoms with Gasteiger partial charge in [-0.2, -0.15) is 4.68 Å². The Bertz CT molecular complexity index is 983. The zero-order chi connectivity index (χ0) is 19.5. The van der Waals surface area contributed by atoms with Crippen molar-refractivity contribution < 1.29 is 9.59 Å². The lowest BCUT2D eigenvalue weighted by Gasteiger charge is -2.17. The molecule has 3 aromatic rings. The van der Waals surface area contributed by atoms with Crippen molar-refractivity contribution in [1.82, 2.24) is 25.5 Å². The van der Waals surface area contributed by atoms with Crippen LogP contribution >= 0.6 is 0 Å². The van der Waals surface area contributed by atoms with Crippen molar-refractivity contribution in [2.75, 3.05) is 11.4 Å². The van der Waals surface area contributed by atoms with E-state index in [1.807, 2.05) is 61.5 Å². The van der Waals surface area contributed by atoms with Gasteiger partial charge in [0.15, 0.2) is 5.82 Å². The molecule has 142 valence electrons. The molecule has 0 saturated carbocycles. The van der Waals surface area contributed by atoms with Gasteiger partial charge in [-0.05, 0) is 41.6 Å². The number of amides is 2. The van der Waals surface area contributed by atoms with Crippen LogP contribution in [0.15, 0.2) is 54.6 Å². The molecule has 8 heteroatoms. The molecule has 2 amide bonds. The molecule has 4 rings (SSSR count). The zero-order valence-electron chi connectivity index (χ0n) is 15.4. The highest BCUT2D eigenvalue weighted by molar-refractivity contribution is 6.00. The molecule has 0 radical (unpaired) electrons. The first-order chi connectivity index (χ1) is 13.6. The van der Waals surface area contributed by atoms with Crippen molar-refractivity contribution in [2.24, 2.45) is 5.92 Å². The normalized spacial score (nSPS) is 16.4. The number of aromatic nitrogens is 4. The van der Waals surface area contributed by atoms with Crippen LogP contribution < -0.4 is 10.2 Å². The summed E-state index contributed by atoms with van der Waals surface area (Å²) in [6.07, 6.45) is 0.198. The van der Waals surface area contributed by atoms with Crippen LogP contribution in [0.2, 0.25) is 0 Å². The molecule has 1 aliphatic heterocycles. The minimum atomic E-state index is -0.394. The summed E-state index contributed by atoms with van der Waals surface area (Å²) >= 11 is 0. The van der Waals surface area contributed by atoms with E-state index in [2.05, 4.69) is 20.8 Å². The Kier molecular flexibility index (Phi) is 4.84. The largest absolute Gasteiger partial charge is 0.348 e. The number of hydrogen-bond donors (Lipinski definition) is 1. The fraction of sp³-hybridized carbons (Fsp3) is 0.250. The average Bonchev–Trinajstić information content (AvgIpc) is 3.34. The van der Waals surface area contributed by atoms with Crippen molar-refractivity contribution in [1.29, 1.82) is 0 Å². The molecule has 0 spiro atoms. The molecule has 1 saturated heterocycles. The highest BCUT2D eigenvalue weighted by Gasteiger charge is 2.35. The van der Waals surface area contributed by atoms with Gasteiger partial charge >= 0.3 is 0 Å². The summed E-state index contributed by atoms with van der Waals surface area (Å²) in [5, 5.41) is 14.5. The number of carbonyl (C=O) groups is 2. The second-order valence-corrected chi connectivity index (χ2v) is 6.80. The average molecular weight is 376 g/mol. The van der Waals surface area contributed by atoms with Gasteiger partial charge in [0.05, 0.1) is 18.2 Å². The Morgan fingerprint density at radius 2 is 1.86 bits per heavy atom. The SMILES string of the molecule is Cc1ccc(N2CC(C(=O)NCc3nnnn3-c3ccccc3)CC2=O)cc1. The molecule has 1 N–H and O–H groups in total. The number of aryl methyl sites for hydroxylation is 1. The molecule has 2 heterocycles. The van der Waals surface area contributed by atoms with E-state index >= 15 is 0 Å². The van der Waals surface area contributed by atoms with Crippen molar-refractivity contribution in [3.05, 3.63) is 66.0 Å². The highest BCUT2D eigenvalue weighted by Crippen LogP contribution is 2.25. The fourth-order valence-electron chi connectivity index (χ4n) is 3.25. The van der Waals surface area contributed by atoms with E-state index in [4.69, 9.17) is 0 Å². The van der Waals surface area contributed by atoms with Gasteiger partial charge in [-0.1, -0.05) is 35.9 Å². The predicted octanol–water partition coefficient (Wildman–Crippen LogP) is 1.64. The third-order valence-electron chi connectivity index (χ3n) is 4.80. The summed E-state index contributed by atoms with van der Waals surface area (Å²) < 4.78 is 1.58. The Hall–Kier alpha value is -3.55. The maximum Gasteiger partial charge on any atom is 0.227 e. The Morgan fingerprint density at radius 3 is 2.61 bits per heavy atom. The maximum atomic E-state index is 12.6. The van der Waals surface area contributed by atoms with Crippen molar-refractivity contribution in [3.8, 4) is 5.69 Å². The lowest BCUT2D eigenvalue weighted by molar-refractivity contribution is -0.126. The molecule has 28 heavy (non-hydrogen) atoms. The first-order valence-electron chi connectivity index (χ1n) is 9.09. The number of para-hydroxylation sites is 1. The monoisotopic (exact) mass is 376 g/mol. The van der Waals surface area contributed by atoms with E-state index in [1.165, 1.54) is 0 Å². The van der Waals surface area contributed by atoms with E-state index in [-0.39, 0.29) is 24.8 Å². The lowest BCUT2D eigenvalue weighted by atomic mass is 10.1. The Balaban J connectivity index is 1.40. The molecule has 8 nitrogen and oxygen atoms in total. The number of benzene rings is 2. The smallest absolute Gasteiger partial charge is 0.227 e. The number of tetrazole rings is 1. The van der Waals surface area contributed by atoms with Gasteiger partial charge in [-0.15, -0.1) is 5.10 Å². The van der Waals surface area contributed by atoms with E-state index < -0.39 is 5.92 Å². The first kappa shape index (κ1) is 17.8. The van der Waals surface area contributed by atoms with Gasteiger partial charge in [0, 0.05) is 18.7 Å². The van der Waals surface area contributed by atoms with Gasteiger partial charge in [-0.3, -0.25) is 9.59 Å². The molecule has 1 fully saturated rings. The molecular formula is C20H20N6O2. The molecule has 1 aliphatic rings. The third kappa shape index (κ3) is 3.62. The van der Waals surface area contributed by atoms with Crippen LogP contribution in [-0.2, 0) is 16.1 Å². The molecule has 1 unspecified atom stereocenters. The topological polar surface area (TPSA) is 93.0 Å². The minimum Gasteiger partial charge on any atom is -0.348 e. The Labute approximate surface area is 162 Å². The summed E-state index contributed by atoms with van der Waals surface area (Å²) in [6, 6.07) is 17.2. The van der Waals surface area contributed by atoms with Crippen molar-refractivity contribution in [2.45, 2.75) is 19.9 Å². The summed E-state index contributed by atoms with van der Waals surface area (Å²) in [5.74, 6) is -0.0854. The molecule has 2 aromatic carbocycles. The maximum absolute atomic E-state index is 12.6. The molecule has 1 aromatic heterocycles. The number of nitrogens with one attached hydrogen (secondary N) is 1. The first-order valence-corrected chi connectivity index (χ1v) is 9.09. The van der Waals surface area contributed by atoms with Crippen molar-refractivity contribution >= 4 is 17.5 Å². The lowest BCUT2D eigenvalue weighted by Crippen LogP contribution is -2.33. The number of anilines is 1. The van der Waals surface area contributed by atoms with Crippen molar-refractivity contribution in [3.63, 3.8) is 0 Å². The molecular weight excluding hydrogens is 356 g/mol. The number of hydrogen-bond acceptors (Lipinski definition) is 5. The summed E-state index contributed by atoms with van der Waals surface area (Å²) in [7, 11) is 0. The quantitative estimate of drug-likeness (QED) is 0.731. The van der Waals surface area contributed by atoms with Gasteiger partial charge in [0.2, 0.25) is 11.8 Å². The van der Waals surface area contributed by atoms with Crippen LogP contribution in [0.25, 0.3) is 5.69 Å². The minimum absolute atomic E-state index is 0.0434. The van der Waals surface area contributed by atoms with Crippen LogP contribution in [0.4, 0.5) is 5.69 Å². The predicted molar refractivity (Wildman–Crippen MR) is 103 cm³/mol. The fourth-order valence-corrected chi connectivity index (χ4v) is 3.25. The van der Waals surface area contributed by atoms with Crippen LogP contribution in [0.3, 0.4) is 0 Å². The summed E-state index contributed by atoms with van der Waals surface area (Å²) in [6.45, 7) is 2.56. The second-order valence-electron chi connectivity index (χ2n) is 6.80. The second kappa shape index (κ2) is 7.59. The van der Waals surface area contributed by atoms with Gasteiger partial charge in [0.1, 0.15) is 0 Å². The summed E-state index contributed by atoms with van der Waals surface area (Å²) in [4.78, 5) is 26.6. The van der Waals surface area contributed by atoms with Crippen LogP contribution in [0.1, 0.15) is 17.8 Å². The molecule has 1 atom stereocenters. The standard InChI is InChI=1S/C20H20N6O2/c1-14-7-9-16(10-8-14)25-13-15(11-19(25)27)20(28)21-12-18-22-23-24-26(18)17-5-3-2-4-6-17/h2-10,15H,11-13H2,1H3,(H,21,28). The van der Waals surface area contributed by atoms with E-state index in [9.17, 15) is 9.59 Å². The van der Waals surface area contributed by atoms with E-state index in [0.29, 0.717) is 12.4 Å². The number of carbonyl (C=O) groups excluding carboxylic acids is 2. The van der Waals surface area contributed by atoms with Gasteiger partial charge < -0.3 is 10.2 Å². The molecule has 0 aliphatic carbocycles.